The summed E-state index contributed by atoms with van der Waals surface area (Å²) in [6.45, 7) is 19.0. The average Bonchev–Trinajstić information content (AvgIpc) is 3.70. The molecule has 15 heteroatoms. The molecule has 0 aliphatic carbocycles. The van der Waals surface area contributed by atoms with Crippen LogP contribution in [0.5, 0.6) is 23.0 Å². The smallest absolute Gasteiger partial charge is 0.148 e. The Morgan fingerprint density at radius 3 is 1.11 bits per heavy atom. The lowest BCUT2D eigenvalue weighted by molar-refractivity contribution is 0.159. The average molecular weight is 1250 g/mol. The van der Waals surface area contributed by atoms with Gasteiger partial charge in [0, 0.05) is 23.1 Å². The zero-order valence-electron chi connectivity index (χ0n) is 52.5. The van der Waals surface area contributed by atoms with Gasteiger partial charge in [-0.2, -0.15) is 0 Å². The first-order valence-electron chi connectivity index (χ1n) is 33.4. The molecule has 13 nitrogen and oxygen atoms in total. The third-order valence-corrected chi connectivity index (χ3v) is 19.2. The maximum absolute atomic E-state index is 6.28. The van der Waals surface area contributed by atoms with Crippen molar-refractivity contribution in [1.29, 1.82) is 0 Å². The number of hydrogen-bond acceptors (Lipinski definition) is 10. The first-order valence-corrected chi connectivity index (χ1v) is 34.1. The number of aryl methyl sites for hydroxylation is 2. The molecule has 2 N–H and O–H groups in total. The number of halogens is 2. The van der Waals surface area contributed by atoms with E-state index < -0.39 is 0 Å². The van der Waals surface area contributed by atoms with Crippen LogP contribution in [0.15, 0.2) is 146 Å². The van der Waals surface area contributed by atoms with Crippen molar-refractivity contribution in [3.63, 3.8) is 0 Å². The molecule has 2 aromatic heterocycles. The molecule has 4 saturated heterocycles. The Bertz CT molecular complexity index is 3080. The van der Waals surface area contributed by atoms with Gasteiger partial charge in [0.25, 0.3) is 0 Å². The van der Waals surface area contributed by atoms with Gasteiger partial charge < -0.3 is 53.2 Å². The van der Waals surface area contributed by atoms with Crippen molar-refractivity contribution in [2.75, 3.05) is 78.5 Å². The van der Waals surface area contributed by atoms with Crippen LogP contribution in [0.1, 0.15) is 126 Å². The monoisotopic (exact) mass is 1250 g/mol. The normalized spacial score (nSPS) is 16.7. The third-order valence-electron chi connectivity index (χ3n) is 18.7. The molecule has 89 heavy (non-hydrogen) atoms. The number of aromatic nitrogens is 4. The van der Waals surface area contributed by atoms with E-state index in [0.29, 0.717) is 36.5 Å². The lowest BCUT2D eigenvalue weighted by Crippen LogP contribution is -2.37. The Morgan fingerprint density at radius 1 is 0.360 bits per heavy atom. The lowest BCUT2D eigenvalue weighted by atomic mass is 9.92. The Hall–Kier alpha value is -6.16. The molecule has 0 bridgehead atoms. The molecule has 0 unspecified atom stereocenters. The molecule has 0 atom stereocenters. The Balaban J connectivity index is 0.000000194. The molecule has 476 valence electrons. The fraction of sp³-hybridized carbons (Fsp3) is 0.486. The SMILES string of the molecule is Clc1ccc(OCc2nc3c(OCc4ccccc4)cccc3n2CCCC2CCN(CCCN3CCCCC3)CC2)cc1.Clc1ccc(OCc2nc3c(OCc4ccccc4)cccc3n2CCCC2CCN(CCCN3CCCCC3)CC2)cc1.O. The summed E-state index contributed by atoms with van der Waals surface area (Å²) in [5, 5.41) is 1.40. The van der Waals surface area contributed by atoms with Crippen LogP contribution in [-0.4, -0.2) is 123 Å². The third kappa shape index (κ3) is 19.9. The largest absolute Gasteiger partial charge is 0.487 e. The minimum Gasteiger partial charge on any atom is -0.487 e. The summed E-state index contributed by atoms with van der Waals surface area (Å²) in [5.41, 5.74) is 6.29. The summed E-state index contributed by atoms with van der Waals surface area (Å²) in [6.07, 6.45) is 21.1. The van der Waals surface area contributed by atoms with Gasteiger partial charge in [-0.25, -0.2) is 9.97 Å². The fourth-order valence-electron chi connectivity index (χ4n) is 13.6. The first-order chi connectivity index (χ1) is 43.4. The molecule has 12 rings (SSSR count). The highest BCUT2D eigenvalue weighted by Gasteiger charge is 2.24. The van der Waals surface area contributed by atoms with Crippen LogP contribution in [0.2, 0.25) is 10.0 Å². The number of para-hydroxylation sites is 2. The second kappa shape index (κ2) is 34.9. The van der Waals surface area contributed by atoms with Crippen LogP contribution in [0, 0.1) is 11.8 Å². The van der Waals surface area contributed by atoms with Gasteiger partial charge in [-0.3, -0.25) is 0 Å². The zero-order valence-corrected chi connectivity index (χ0v) is 54.0. The first kappa shape index (κ1) is 65.8. The van der Waals surface area contributed by atoms with E-state index in [1.54, 1.807) is 0 Å². The molecule has 0 radical (unpaired) electrons. The van der Waals surface area contributed by atoms with Crippen molar-refractivity contribution in [3.05, 3.63) is 178 Å². The van der Waals surface area contributed by atoms with Gasteiger partial charge >= 0.3 is 0 Å². The van der Waals surface area contributed by atoms with Gasteiger partial charge in [-0.1, -0.05) is 109 Å². The molecule has 4 fully saturated rings. The lowest BCUT2D eigenvalue weighted by Gasteiger charge is -2.33. The standard InChI is InChI=1S/2C37H47ClN4O2.H2O/c2*38-32-15-17-33(18-16-32)43-29-36-39-37-34(13-7-14-35(37)44-28-31-10-3-1-4-11-31)42(36)25-8-12-30-19-26-41(27-20-30)24-9-23-40-21-5-2-6-22-40;/h2*1,3-4,7,10-11,13-18,30H,2,5-6,8-9,12,19-29H2;1H2. The van der Waals surface area contributed by atoms with Gasteiger partial charge in [0.2, 0.25) is 0 Å². The van der Waals surface area contributed by atoms with Crippen LogP contribution in [0.25, 0.3) is 22.1 Å². The van der Waals surface area contributed by atoms with E-state index in [-0.39, 0.29) is 5.48 Å². The molecule has 4 aliphatic rings. The Kier molecular flexibility index (Phi) is 25.8. The van der Waals surface area contributed by atoms with Crippen LogP contribution in [-0.2, 0) is 39.5 Å². The van der Waals surface area contributed by atoms with Crippen molar-refractivity contribution in [2.45, 2.75) is 142 Å². The van der Waals surface area contributed by atoms with Gasteiger partial charge in [-0.15, -0.1) is 0 Å². The van der Waals surface area contributed by atoms with E-state index in [2.05, 4.69) is 77.3 Å². The summed E-state index contributed by atoms with van der Waals surface area (Å²) >= 11 is 12.2. The van der Waals surface area contributed by atoms with Crippen LogP contribution >= 0.6 is 23.2 Å². The molecule has 0 amide bonds. The van der Waals surface area contributed by atoms with Crippen LogP contribution < -0.4 is 18.9 Å². The topological polar surface area (TPSA) is 117 Å². The van der Waals surface area contributed by atoms with Crippen molar-refractivity contribution in [1.82, 2.24) is 38.7 Å². The minimum absolute atomic E-state index is 0. The van der Waals surface area contributed by atoms with Crippen molar-refractivity contribution in [2.24, 2.45) is 11.8 Å². The van der Waals surface area contributed by atoms with Gasteiger partial charge in [-0.05, 0) is 264 Å². The predicted octanol–water partition coefficient (Wildman–Crippen LogP) is 15.6. The van der Waals surface area contributed by atoms with E-state index in [4.69, 9.17) is 52.1 Å². The highest BCUT2D eigenvalue weighted by molar-refractivity contribution is 6.30. The van der Waals surface area contributed by atoms with Crippen LogP contribution in [0.4, 0.5) is 0 Å². The highest BCUT2D eigenvalue weighted by Crippen LogP contribution is 2.32. The van der Waals surface area contributed by atoms with E-state index in [9.17, 15) is 0 Å². The second-order valence-corrected chi connectivity index (χ2v) is 25.9. The second-order valence-electron chi connectivity index (χ2n) is 25.0. The van der Waals surface area contributed by atoms with E-state index >= 15 is 0 Å². The number of imidazole rings is 2. The van der Waals surface area contributed by atoms with Gasteiger partial charge in [0.05, 0.1) is 11.0 Å². The summed E-state index contributed by atoms with van der Waals surface area (Å²) in [4.78, 5) is 20.9. The minimum atomic E-state index is 0. The number of rotatable bonds is 28. The van der Waals surface area contributed by atoms with Crippen molar-refractivity contribution < 1.29 is 24.4 Å². The zero-order chi connectivity index (χ0) is 60.0. The number of fused-ring (bicyclic) bond motifs is 2. The van der Waals surface area contributed by atoms with E-state index in [1.807, 2.05) is 97.1 Å². The van der Waals surface area contributed by atoms with E-state index in [0.717, 1.165) is 106 Å². The molecule has 8 aromatic rings. The van der Waals surface area contributed by atoms with Gasteiger partial charge in [0.15, 0.2) is 0 Å². The predicted molar refractivity (Wildman–Crippen MR) is 363 cm³/mol. The number of piperidine rings is 4. The fourth-order valence-corrected chi connectivity index (χ4v) is 13.8. The van der Waals surface area contributed by atoms with Crippen LogP contribution in [0.3, 0.4) is 0 Å². The maximum Gasteiger partial charge on any atom is 0.148 e. The number of ether oxygens (including phenoxy) is 4. The molecule has 0 saturated carbocycles. The molecule has 0 spiro atoms. The molecule has 6 aromatic carbocycles. The number of nitrogens with zero attached hydrogens (tertiary/aromatic N) is 8. The molecular formula is C74H96Cl2N8O5. The summed E-state index contributed by atoms with van der Waals surface area (Å²) < 4.78 is 29.6. The maximum atomic E-state index is 6.28. The Labute approximate surface area is 539 Å². The molecule has 6 heterocycles. The quantitative estimate of drug-likeness (QED) is 0.0469. The van der Waals surface area contributed by atoms with Crippen molar-refractivity contribution in [3.8, 4) is 23.0 Å². The highest BCUT2D eigenvalue weighted by atomic mass is 35.5. The number of likely N-dealkylation sites (tertiary alicyclic amines) is 4. The summed E-state index contributed by atoms with van der Waals surface area (Å²) in [5.74, 6) is 6.66. The van der Waals surface area contributed by atoms with Gasteiger partial charge in [0.1, 0.15) is 72.1 Å². The number of benzene rings is 6. The summed E-state index contributed by atoms with van der Waals surface area (Å²) in [7, 11) is 0. The Morgan fingerprint density at radius 2 is 0.730 bits per heavy atom. The molecular weight excluding hydrogens is 1150 g/mol. The summed E-state index contributed by atoms with van der Waals surface area (Å²) in [6, 6.07) is 48.1. The molecule has 4 aliphatic heterocycles. The number of hydrogen-bond donors (Lipinski definition) is 0. The van der Waals surface area contributed by atoms with E-state index in [1.165, 1.54) is 168 Å². The van der Waals surface area contributed by atoms with Crippen molar-refractivity contribution >= 4 is 45.3 Å².